The number of aliphatic carboxylic acids is 1. The molecule has 1 aliphatic carbocycles. The van der Waals surface area contributed by atoms with Gasteiger partial charge < -0.3 is 20.5 Å². The highest BCUT2D eigenvalue weighted by Gasteiger charge is 2.31. The maximum Gasteiger partial charge on any atom is 0.228 e. The van der Waals surface area contributed by atoms with Crippen LogP contribution in [0.1, 0.15) is 26.7 Å². The van der Waals surface area contributed by atoms with Crippen molar-refractivity contribution in [2.45, 2.75) is 26.7 Å². The van der Waals surface area contributed by atoms with Gasteiger partial charge in [-0.3, -0.25) is 9.59 Å². The number of carbonyl (C=O) groups is 3. The maximum absolute atomic E-state index is 12.4. The second-order valence-electron chi connectivity index (χ2n) is 5.77. The SMILES string of the molecule is CC(=O)Nc1ccc(NC(=O)[C@H]2CC(C)=CC[C@H]2C(=O)[O-])cc1. The van der Waals surface area contributed by atoms with Crippen LogP contribution in [0.5, 0.6) is 0 Å². The Balaban J connectivity index is 2.06. The first-order chi connectivity index (χ1) is 10.9. The van der Waals surface area contributed by atoms with Gasteiger partial charge in [0, 0.05) is 30.2 Å². The van der Waals surface area contributed by atoms with Crippen LogP contribution in [0.3, 0.4) is 0 Å². The first-order valence-electron chi connectivity index (χ1n) is 7.42. The quantitative estimate of drug-likeness (QED) is 0.818. The van der Waals surface area contributed by atoms with E-state index in [4.69, 9.17) is 0 Å². The molecule has 122 valence electrons. The van der Waals surface area contributed by atoms with Gasteiger partial charge in [-0.2, -0.15) is 0 Å². The summed E-state index contributed by atoms with van der Waals surface area (Å²) >= 11 is 0. The Bertz CT molecular complexity index is 649. The summed E-state index contributed by atoms with van der Waals surface area (Å²) in [6.45, 7) is 3.29. The summed E-state index contributed by atoms with van der Waals surface area (Å²) in [5.41, 5.74) is 2.18. The molecule has 0 spiro atoms. The monoisotopic (exact) mass is 315 g/mol. The van der Waals surface area contributed by atoms with E-state index in [1.165, 1.54) is 6.92 Å². The third kappa shape index (κ3) is 4.42. The van der Waals surface area contributed by atoms with E-state index < -0.39 is 17.8 Å². The number of amides is 2. The predicted molar refractivity (Wildman–Crippen MR) is 84.4 cm³/mol. The molecule has 2 amide bonds. The van der Waals surface area contributed by atoms with Crippen molar-refractivity contribution in [1.29, 1.82) is 0 Å². The van der Waals surface area contributed by atoms with Crippen LogP contribution < -0.4 is 15.7 Å². The molecule has 0 aromatic heterocycles. The minimum Gasteiger partial charge on any atom is -0.550 e. The van der Waals surface area contributed by atoms with E-state index in [0.29, 0.717) is 24.2 Å². The smallest absolute Gasteiger partial charge is 0.228 e. The second-order valence-corrected chi connectivity index (χ2v) is 5.77. The van der Waals surface area contributed by atoms with Crippen molar-refractivity contribution in [2.75, 3.05) is 10.6 Å². The molecule has 23 heavy (non-hydrogen) atoms. The molecule has 0 radical (unpaired) electrons. The maximum atomic E-state index is 12.4. The molecule has 0 bridgehead atoms. The van der Waals surface area contributed by atoms with Crippen LogP contribution in [0.2, 0.25) is 0 Å². The molecular formula is C17H19N2O4-. The van der Waals surface area contributed by atoms with Crippen LogP contribution in [-0.2, 0) is 14.4 Å². The average molecular weight is 315 g/mol. The lowest BCUT2D eigenvalue weighted by molar-refractivity contribution is -0.313. The summed E-state index contributed by atoms with van der Waals surface area (Å²) in [7, 11) is 0. The number of benzene rings is 1. The molecule has 0 heterocycles. The van der Waals surface area contributed by atoms with Crippen LogP contribution in [-0.4, -0.2) is 17.8 Å². The Labute approximate surface area is 134 Å². The lowest BCUT2D eigenvalue weighted by Crippen LogP contribution is -2.42. The zero-order chi connectivity index (χ0) is 17.0. The van der Waals surface area contributed by atoms with E-state index >= 15 is 0 Å². The number of anilines is 2. The highest BCUT2D eigenvalue weighted by atomic mass is 16.4. The van der Waals surface area contributed by atoms with Crippen molar-refractivity contribution in [3.63, 3.8) is 0 Å². The number of hydrogen-bond donors (Lipinski definition) is 2. The van der Waals surface area contributed by atoms with Crippen LogP contribution in [0.25, 0.3) is 0 Å². The zero-order valence-corrected chi connectivity index (χ0v) is 13.1. The van der Waals surface area contributed by atoms with E-state index in [1.807, 2.05) is 13.0 Å². The van der Waals surface area contributed by atoms with Gasteiger partial charge in [0.15, 0.2) is 0 Å². The summed E-state index contributed by atoms with van der Waals surface area (Å²) < 4.78 is 0. The van der Waals surface area contributed by atoms with Gasteiger partial charge in [0.05, 0.1) is 5.92 Å². The van der Waals surface area contributed by atoms with E-state index in [9.17, 15) is 19.5 Å². The van der Waals surface area contributed by atoms with Crippen LogP contribution >= 0.6 is 0 Å². The Kier molecular flexibility index (Phi) is 5.16. The molecule has 1 aliphatic rings. The predicted octanol–water partition coefficient (Wildman–Crippen LogP) is 1.31. The molecule has 2 atom stereocenters. The van der Waals surface area contributed by atoms with Gasteiger partial charge in [-0.05, 0) is 44.0 Å². The third-order valence-corrected chi connectivity index (χ3v) is 3.86. The van der Waals surface area contributed by atoms with Crippen LogP contribution in [0.15, 0.2) is 35.9 Å². The van der Waals surface area contributed by atoms with E-state index in [0.717, 1.165) is 5.57 Å². The fourth-order valence-corrected chi connectivity index (χ4v) is 2.68. The fraction of sp³-hybridized carbons (Fsp3) is 0.353. The number of hydrogen-bond acceptors (Lipinski definition) is 4. The molecule has 0 saturated heterocycles. The minimum atomic E-state index is -1.20. The van der Waals surface area contributed by atoms with Gasteiger partial charge in [-0.1, -0.05) is 11.6 Å². The summed E-state index contributed by atoms with van der Waals surface area (Å²) in [4.78, 5) is 34.6. The van der Waals surface area contributed by atoms with Crippen molar-refractivity contribution >= 4 is 29.2 Å². The lowest BCUT2D eigenvalue weighted by Gasteiger charge is -2.30. The Morgan fingerprint density at radius 3 is 2.13 bits per heavy atom. The van der Waals surface area contributed by atoms with Crippen molar-refractivity contribution in [3.8, 4) is 0 Å². The molecule has 2 rings (SSSR count). The molecule has 0 fully saturated rings. The van der Waals surface area contributed by atoms with Crippen LogP contribution in [0, 0.1) is 11.8 Å². The van der Waals surface area contributed by atoms with Gasteiger partial charge in [0.2, 0.25) is 11.8 Å². The average Bonchev–Trinajstić information content (AvgIpc) is 2.48. The van der Waals surface area contributed by atoms with E-state index in [1.54, 1.807) is 24.3 Å². The Hall–Kier alpha value is -2.63. The van der Waals surface area contributed by atoms with Crippen molar-refractivity contribution in [1.82, 2.24) is 0 Å². The number of allylic oxidation sites excluding steroid dienone is 2. The van der Waals surface area contributed by atoms with Crippen molar-refractivity contribution in [2.24, 2.45) is 11.8 Å². The summed E-state index contributed by atoms with van der Waals surface area (Å²) in [6, 6.07) is 6.64. The molecule has 0 aliphatic heterocycles. The number of carboxylic acid groups (broad SMARTS) is 1. The van der Waals surface area contributed by atoms with Gasteiger partial charge in [-0.15, -0.1) is 0 Å². The Morgan fingerprint density at radius 2 is 1.61 bits per heavy atom. The standard InChI is InChI=1S/C17H20N2O4/c1-10-3-8-14(17(22)23)15(9-10)16(21)19-13-6-4-12(5-7-13)18-11(2)20/h3-7,14-15H,8-9H2,1-2H3,(H,18,20)(H,19,21)(H,22,23)/p-1/t14-,15+/m1/s1. The van der Waals surface area contributed by atoms with Crippen molar-refractivity contribution in [3.05, 3.63) is 35.9 Å². The number of rotatable bonds is 4. The number of carbonyl (C=O) groups excluding carboxylic acids is 3. The van der Waals surface area contributed by atoms with Gasteiger partial charge in [-0.25, -0.2) is 0 Å². The topological polar surface area (TPSA) is 98.3 Å². The van der Waals surface area contributed by atoms with E-state index in [-0.39, 0.29) is 11.8 Å². The molecule has 6 heteroatoms. The molecule has 1 aromatic carbocycles. The fourth-order valence-electron chi connectivity index (χ4n) is 2.68. The summed E-state index contributed by atoms with van der Waals surface area (Å²) in [5, 5.41) is 16.6. The lowest BCUT2D eigenvalue weighted by atomic mass is 9.79. The molecule has 0 saturated carbocycles. The summed E-state index contributed by atoms with van der Waals surface area (Å²) in [5.74, 6) is -3.16. The zero-order valence-electron chi connectivity index (χ0n) is 13.1. The number of carboxylic acids is 1. The van der Waals surface area contributed by atoms with E-state index in [2.05, 4.69) is 10.6 Å². The van der Waals surface area contributed by atoms with Gasteiger partial charge in [0.1, 0.15) is 0 Å². The van der Waals surface area contributed by atoms with Gasteiger partial charge in [0.25, 0.3) is 0 Å². The highest BCUT2D eigenvalue weighted by molar-refractivity contribution is 5.96. The Morgan fingerprint density at radius 1 is 1.04 bits per heavy atom. The first kappa shape index (κ1) is 16.7. The molecular weight excluding hydrogens is 296 g/mol. The minimum absolute atomic E-state index is 0.178. The third-order valence-electron chi connectivity index (χ3n) is 3.86. The molecule has 2 N–H and O–H groups in total. The second kappa shape index (κ2) is 7.09. The molecule has 6 nitrogen and oxygen atoms in total. The molecule has 0 unspecified atom stereocenters. The normalized spacial score (nSPS) is 20.3. The van der Waals surface area contributed by atoms with Crippen molar-refractivity contribution < 1.29 is 19.5 Å². The number of nitrogens with one attached hydrogen (secondary N) is 2. The van der Waals surface area contributed by atoms with Crippen LogP contribution in [0.4, 0.5) is 11.4 Å². The highest BCUT2D eigenvalue weighted by Crippen LogP contribution is 2.30. The molecule has 1 aromatic rings. The summed E-state index contributed by atoms with van der Waals surface area (Å²) in [6.07, 6.45) is 2.56. The first-order valence-corrected chi connectivity index (χ1v) is 7.42. The largest absolute Gasteiger partial charge is 0.550 e. The van der Waals surface area contributed by atoms with Gasteiger partial charge >= 0.3 is 0 Å².